The standard InChI is InChI=1S/C15H19NO3/c1-15(2,11-16)7-4-8-19-14-9-13(18-3)6-5-12(14)10-17/h5-6,9-10H,4,7-8H2,1-3H3. The summed E-state index contributed by atoms with van der Waals surface area (Å²) in [6.45, 7) is 4.27. The van der Waals surface area contributed by atoms with Crippen LogP contribution in [0.4, 0.5) is 0 Å². The maximum absolute atomic E-state index is 10.9. The normalized spacial score (nSPS) is 10.6. The second-order valence-corrected chi connectivity index (χ2v) is 4.97. The molecule has 0 atom stereocenters. The van der Waals surface area contributed by atoms with Gasteiger partial charge in [0.05, 0.1) is 30.8 Å². The predicted molar refractivity (Wildman–Crippen MR) is 72.5 cm³/mol. The second kappa shape index (κ2) is 6.79. The van der Waals surface area contributed by atoms with Crippen LogP contribution in [0.1, 0.15) is 37.0 Å². The highest BCUT2D eigenvalue weighted by Gasteiger charge is 2.15. The molecule has 4 heteroatoms. The van der Waals surface area contributed by atoms with Crippen molar-refractivity contribution in [3.05, 3.63) is 23.8 Å². The summed E-state index contributed by atoms with van der Waals surface area (Å²) in [5, 5.41) is 8.91. The van der Waals surface area contributed by atoms with Crippen LogP contribution in [0.3, 0.4) is 0 Å². The Balaban J connectivity index is 2.57. The van der Waals surface area contributed by atoms with Crippen LogP contribution in [0.2, 0.25) is 0 Å². The van der Waals surface area contributed by atoms with E-state index in [1.54, 1.807) is 25.3 Å². The Morgan fingerprint density at radius 2 is 2.16 bits per heavy atom. The molecule has 0 aromatic heterocycles. The smallest absolute Gasteiger partial charge is 0.153 e. The van der Waals surface area contributed by atoms with E-state index in [0.717, 1.165) is 19.1 Å². The van der Waals surface area contributed by atoms with Crippen molar-refractivity contribution in [2.45, 2.75) is 26.7 Å². The number of benzene rings is 1. The van der Waals surface area contributed by atoms with Crippen molar-refractivity contribution in [2.75, 3.05) is 13.7 Å². The molecule has 0 saturated heterocycles. The molecule has 19 heavy (non-hydrogen) atoms. The van der Waals surface area contributed by atoms with Crippen molar-refractivity contribution in [1.82, 2.24) is 0 Å². The monoisotopic (exact) mass is 261 g/mol. The van der Waals surface area contributed by atoms with Gasteiger partial charge in [-0.15, -0.1) is 0 Å². The van der Waals surface area contributed by atoms with Gasteiger partial charge in [-0.2, -0.15) is 5.26 Å². The lowest BCUT2D eigenvalue weighted by atomic mass is 9.90. The van der Waals surface area contributed by atoms with E-state index in [-0.39, 0.29) is 5.41 Å². The highest BCUT2D eigenvalue weighted by atomic mass is 16.5. The SMILES string of the molecule is COc1ccc(C=O)c(OCCCC(C)(C)C#N)c1. The predicted octanol–water partition coefficient (Wildman–Crippen LogP) is 3.22. The molecule has 0 amide bonds. The van der Waals surface area contributed by atoms with Crippen LogP contribution in [0.5, 0.6) is 11.5 Å². The minimum Gasteiger partial charge on any atom is -0.497 e. The van der Waals surface area contributed by atoms with Gasteiger partial charge in [-0.25, -0.2) is 0 Å². The van der Waals surface area contributed by atoms with Crippen LogP contribution in [-0.2, 0) is 0 Å². The zero-order chi connectivity index (χ0) is 14.3. The second-order valence-electron chi connectivity index (χ2n) is 4.97. The number of methoxy groups -OCH3 is 1. The summed E-state index contributed by atoms with van der Waals surface area (Å²) in [7, 11) is 1.56. The molecule has 0 fully saturated rings. The molecule has 0 spiro atoms. The maximum Gasteiger partial charge on any atom is 0.153 e. The van der Waals surface area contributed by atoms with E-state index in [1.165, 1.54) is 0 Å². The van der Waals surface area contributed by atoms with Crippen LogP contribution >= 0.6 is 0 Å². The highest BCUT2D eigenvalue weighted by molar-refractivity contribution is 5.79. The summed E-state index contributed by atoms with van der Waals surface area (Å²) in [5.41, 5.74) is 0.158. The number of aldehydes is 1. The molecule has 0 heterocycles. The topological polar surface area (TPSA) is 59.3 Å². The highest BCUT2D eigenvalue weighted by Crippen LogP contribution is 2.25. The Bertz CT molecular complexity index is 475. The third kappa shape index (κ3) is 4.63. The van der Waals surface area contributed by atoms with Crippen LogP contribution in [0.25, 0.3) is 0 Å². The largest absolute Gasteiger partial charge is 0.497 e. The van der Waals surface area contributed by atoms with E-state index in [4.69, 9.17) is 14.7 Å². The molecular formula is C15H19NO3. The van der Waals surface area contributed by atoms with Crippen molar-refractivity contribution in [2.24, 2.45) is 5.41 Å². The fourth-order valence-corrected chi connectivity index (χ4v) is 1.62. The molecular weight excluding hydrogens is 242 g/mol. The molecule has 0 aliphatic carbocycles. The van der Waals surface area contributed by atoms with Crippen molar-refractivity contribution >= 4 is 6.29 Å². The number of ether oxygens (including phenoxy) is 2. The summed E-state index contributed by atoms with van der Waals surface area (Å²) in [6, 6.07) is 7.33. The van der Waals surface area contributed by atoms with Gasteiger partial charge in [-0.1, -0.05) is 0 Å². The van der Waals surface area contributed by atoms with Gasteiger partial charge in [0.25, 0.3) is 0 Å². The molecule has 0 N–H and O–H groups in total. The van der Waals surface area contributed by atoms with Gasteiger partial charge in [-0.05, 0) is 38.8 Å². The van der Waals surface area contributed by atoms with Gasteiger partial charge in [0.15, 0.2) is 6.29 Å². The molecule has 1 aromatic rings. The lowest BCUT2D eigenvalue weighted by Gasteiger charge is -2.15. The molecule has 1 aromatic carbocycles. The molecule has 0 unspecified atom stereocenters. The number of hydrogen-bond acceptors (Lipinski definition) is 4. The van der Waals surface area contributed by atoms with E-state index >= 15 is 0 Å². The van der Waals surface area contributed by atoms with Crippen molar-refractivity contribution in [3.8, 4) is 17.6 Å². The lowest BCUT2D eigenvalue weighted by Crippen LogP contribution is -2.10. The number of nitriles is 1. The van der Waals surface area contributed by atoms with E-state index < -0.39 is 0 Å². The Morgan fingerprint density at radius 3 is 2.74 bits per heavy atom. The maximum atomic E-state index is 10.9. The molecule has 102 valence electrons. The Kier molecular flexibility index (Phi) is 5.37. The van der Waals surface area contributed by atoms with Gasteiger partial charge in [0.1, 0.15) is 11.5 Å². The van der Waals surface area contributed by atoms with Crippen molar-refractivity contribution < 1.29 is 14.3 Å². The average Bonchev–Trinajstić information content (AvgIpc) is 2.43. The summed E-state index contributed by atoms with van der Waals surface area (Å²) >= 11 is 0. The number of carbonyl (C=O) groups excluding carboxylic acids is 1. The summed E-state index contributed by atoms with van der Waals surface area (Å²) in [5.74, 6) is 1.17. The molecule has 0 radical (unpaired) electrons. The molecule has 1 rings (SSSR count). The number of rotatable bonds is 7. The van der Waals surface area contributed by atoms with E-state index in [1.807, 2.05) is 13.8 Å². The molecule has 4 nitrogen and oxygen atoms in total. The Morgan fingerprint density at radius 1 is 1.42 bits per heavy atom. The average molecular weight is 261 g/mol. The van der Waals surface area contributed by atoms with Gasteiger partial charge >= 0.3 is 0 Å². The van der Waals surface area contributed by atoms with E-state index in [2.05, 4.69) is 6.07 Å². The fraction of sp³-hybridized carbons (Fsp3) is 0.467. The Labute approximate surface area is 113 Å². The van der Waals surface area contributed by atoms with Crippen LogP contribution < -0.4 is 9.47 Å². The minimum absolute atomic E-state index is 0.342. The zero-order valence-electron chi connectivity index (χ0n) is 11.6. The number of nitrogens with zero attached hydrogens (tertiary/aromatic N) is 1. The first-order valence-electron chi connectivity index (χ1n) is 6.19. The van der Waals surface area contributed by atoms with Gasteiger partial charge in [0, 0.05) is 6.07 Å². The van der Waals surface area contributed by atoms with Gasteiger partial charge in [-0.3, -0.25) is 4.79 Å². The van der Waals surface area contributed by atoms with Crippen LogP contribution in [0.15, 0.2) is 18.2 Å². The van der Waals surface area contributed by atoms with Crippen molar-refractivity contribution in [1.29, 1.82) is 5.26 Å². The molecule has 0 saturated carbocycles. The van der Waals surface area contributed by atoms with Crippen molar-refractivity contribution in [3.63, 3.8) is 0 Å². The summed E-state index contributed by atoms with van der Waals surface area (Å²) in [6.07, 6.45) is 2.27. The third-order valence-electron chi connectivity index (χ3n) is 2.85. The Hall–Kier alpha value is -2.02. The summed E-state index contributed by atoms with van der Waals surface area (Å²) < 4.78 is 10.7. The van der Waals surface area contributed by atoms with Gasteiger partial charge < -0.3 is 9.47 Å². The van der Waals surface area contributed by atoms with Gasteiger partial charge in [0.2, 0.25) is 0 Å². The third-order valence-corrected chi connectivity index (χ3v) is 2.85. The number of carbonyl (C=O) groups is 1. The quantitative estimate of drug-likeness (QED) is 0.558. The first kappa shape index (κ1) is 15.0. The number of hydrogen-bond donors (Lipinski definition) is 0. The molecule has 0 bridgehead atoms. The van der Waals surface area contributed by atoms with E-state index in [9.17, 15) is 4.79 Å². The van der Waals surface area contributed by atoms with E-state index in [0.29, 0.717) is 23.7 Å². The first-order chi connectivity index (χ1) is 9.02. The molecule has 0 aliphatic heterocycles. The van der Waals surface area contributed by atoms with Crippen LogP contribution in [-0.4, -0.2) is 20.0 Å². The molecule has 0 aliphatic rings. The summed E-state index contributed by atoms with van der Waals surface area (Å²) in [4.78, 5) is 10.9. The fourth-order valence-electron chi connectivity index (χ4n) is 1.62. The zero-order valence-corrected chi connectivity index (χ0v) is 11.6. The lowest BCUT2D eigenvalue weighted by molar-refractivity contribution is 0.111. The minimum atomic E-state index is -0.342. The van der Waals surface area contributed by atoms with Crippen LogP contribution in [0, 0.1) is 16.7 Å². The first-order valence-corrected chi connectivity index (χ1v) is 6.19.